The number of morpholine rings is 1. The Hall–Kier alpha value is -2.68. The van der Waals surface area contributed by atoms with Gasteiger partial charge >= 0.3 is 0 Å². The minimum Gasteiger partial charge on any atom is -0.493 e. The summed E-state index contributed by atoms with van der Waals surface area (Å²) >= 11 is 1.55. The highest BCUT2D eigenvalue weighted by Gasteiger charge is 2.24. The van der Waals surface area contributed by atoms with Crippen LogP contribution in [0.25, 0.3) is 10.2 Å². The Labute approximate surface area is 192 Å². The first-order chi connectivity index (χ1) is 15.5. The lowest BCUT2D eigenvalue weighted by Gasteiger charge is -2.29. The van der Waals surface area contributed by atoms with Crippen molar-refractivity contribution in [2.75, 3.05) is 58.5 Å². The number of carbonyl (C=O) groups excluding carboxylic acids is 1. The molecule has 4 rings (SSSR count). The van der Waals surface area contributed by atoms with Gasteiger partial charge in [-0.25, -0.2) is 4.98 Å². The Kier molecular flexibility index (Phi) is 6.93. The second-order valence-corrected chi connectivity index (χ2v) is 8.89. The van der Waals surface area contributed by atoms with Crippen LogP contribution in [0.15, 0.2) is 30.3 Å². The van der Waals surface area contributed by atoms with E-state index in [1.165, 1.54) is 11.1 Å². The Morgan fingerprint density at radius 3 is 2.53 bits per heavy atom. The number of benzene rings is 2. The molecule has 2 aromatic carbocycles. The number of hydrogen-bond donors (Lipinski definition) is 0. The van der Waals surface area contributed by atoms with E-state index >= 15 is 0 Å². The highest BCUT2D eigenvalue weighted by molar-refractivity contribution is 7.22. The van der Waals surface area contributed by atoms with Crippen LogP contribution in [0.4, 0.5) is 5.13 Å². The van der Waals surface area contributed by atoms with Crippen LogP contribution in [0.2, 0.25) is 0 Å². The molecule has 0 radical (unpaired) electrons. The van der Waals surface area contributed by atoms with Crippen LogP contribution in [0, 0.1) is 13.8 Å². The highest BCUT2D eigenvalue weighted by Crippen LogP contribution is 2.33. The van der Waals surface area contributed by atoms with E-state index in [2.05, 4.69) is 30.9 Å². The fourth-order valence-corrected chi connectivity index (χ4v) is 4.83. The van der Waals surface area contributed by atoms with E-state index in [4.69, 9.17) is 19.2 Å². The predicted octanol–water partition coefficient (Wildman–Crippen LogP) is 3.91. The second-order valence-electron chi connectivity index (χ2n) is 7.88. The standard InChI is InChI=1S/C24H29N3O4S/c1-16-13-19-22(14-17(16)2)32-24(25-19)27(8-7-26-9-11-31-12-10-26)23(28)18-5-6-20(29-3)21(15-18)30-4/h5-6,13-15H,7-12H2,1-4H3. The molecular formula is C24H29N3O4S. The van der Waals surface area contributed by atoms with Gasteiger partial charge in [0, 0.05) is 31.7 Å². The van der Waals surface area contributed by atoms with Crippen LogP contribution in [0.5, 0.6) is 11.5 Å². The van der Waals surface area contributed by atoms with Crippen LogP contribution in [0.1, 0.15) is 21.5 Å². The molecule has 2 heterocycles. The van der Waals surface area contributed by atoms with Crippen LogP contribution < -0.4 is 14.4 Å². The third-order valence-corrected chi connectivity index (χ3v) is 6.88. The SMILES string of the molecule is COc1ccc(C(=O)N(CCN2CCOCC2)c2nc3cc(C)c(C)cc3s2)cc1OC. The van der Waals surface area contributed by atoms with Gasteiger partial charge < -0.3 is 14.2 Å². The lowest BCUT2D eigenvalue weighted by atomic mass is 10.1. The third-order valence-electron chi connectivity index (χ3n) is 5.84. The fourth-order valence-electron chi connectivity index (χ4n) is 3.76. The smallest absolute Gasteiger partial charge is 0.260 e. The summed E-state index contributed by atoms with van der Waals surface area (Å²) < 4.78 is 17.3. The van der Waals surface area contributed by atoms with Crippen molar-refractivity contribution < 1.29 is 19.0 Å². The van der Waals surface area contributed by atoms with Crippen LogP contribution in [-0.2, 0) is 4.74 Å². The largest absolute Gasteiger partial charge is 0.493 e. The maximum absolute atomic E-state index is 13.6. The molecule has 0 aliphatic carbocycles. The zero-order valence-corrected chi connectivity index (χ0v) is 19.8. The summed E-state index contributed by atoms with van der Waals surface area (Å²) in [6.45, 7) is 8.68. The molecule has 1 aliphatic heterocycles. The zero-order chi connectivity index (χ0) is 22.7. The van der Waals surface area contributed by atoms with Crippen molar-refractivity contribution in [2.24, 2.45) is 0 Å². The van der Waals surface area contributed by atoms with Gasteiger partial charge in [0.1, 0.15) is 0 Å². The molecule has 0 N–H and O–H groups in total. The Balaban J connectivity index is 1.67. The summed E-state index contributed by atoms with van der Waals surface area (Å²) in [7, 11) is 3.15. The number of nitrogens with zero attached hydrogens (tertiary/aromatic N) is 3. The number of ether oxygens (including phenoxy) is 3. The molecule has 3 aromatic rings. The average molecular weight is 456 g/mol. The minimum atomic E-state index is -0.105. The maximum Gasteiger partial charge on any atom is 0.260 e. The lowest BCUT2D eigenvalue weighted by molar-refractivity contribution is 0.0391. The molecule has 0 bridgehead atoms. The average Bonchev–Trinajstić information content (AvgIpc) is 3.21. The number of rotatable bonds is 7. The Bertz CT molecular complexity index is 1070. The zero-order valence-electron chi connectivity index (χ0n) is 19.0. The quantitative estimate of drug-likeness (QED) is 0.538. The van der Waals surface area contributed by atoms with Crippen LogP contribution in [0.3, 0.4) is 0 Å². The molecule has 32 heavy (non-hydrogen) atoms. The normalized spacial score (nSPS) is 14.5. The molecule has 1 aliphatic rings. The van der Waals surface area contributed by atoms with E-state index in [0.717, 1.165) is 43.1 Å². The monoisotopic (exact) mass is 455 g/mol. The van der Waals surface area contributed by atoms with Gasteiger partial charge in [0.05, 0.1) is 37.6 Å². The summed E-state index contributed by atoms with van der Waals surface area (Å²) in [6.07, 6.45) is 0. The molecule has 0 spiro atoms. The number of hydrogen-bond acceptors (Lipinski definition) is 7. The van der Waals surface area contributed by atoms with E-state index in [-0.39, 0.29) is 5.91 Å². The number of anilines is 1. The number of carbonyl (C=O) groups is 1. The fraction of sp³-hybridized carbons (Fsp3) is 0.417. The van der Waals surface area contributed by atoms with Crippen molar-refractivity contribution in [1.82, 2.24) is 9.88 Å². The first-order valence-electron chi connectivity index (χ1n) is 10.7. The van der Waals surface area contributed by atoms with Gasteiger partial charge in [-0.1, -0.05) is 11.3 Å². The van der Waals surface area contributed by atoms with Crippen molar-refractivity contribution in [3.8, 4) is 11.5 Å². The molecule has 1 saturated heterocycles. The predicted molar refractivity (Wildman–Crippen MR) is 128 cm³/mol. The van der Waals surface area contributed by atoms with Gasteiger partial charge in [0.25, 0.3) is 5.91 Å². The molecule has 1 fully saturated rings. The molecular weight excluding hydrogens is 426 g/mol. The summed E-state index contributed by atoms with van der Waals surface area (Å²) in [5, 5.41) is 0.707. The van der Waals surface area contributed by atoms with Crippen molar-refractivity contribution in [2.45, 2.75) is 13.8 Å². The second kappa shape index (κ2) is 9.85. The topological polar surface area (TPSA) is 64.1 Å². The Morgan fingerprint density at radius 2 is 1.81 bits per heavy atom. The molecule has 0 unspecified atom stereocenters. The van der Waals surface area contributed by atoms with Crippen LogP contribution in [-0.4, -0.2) is 69.4 Å². The maximum atomic E-state index is 13.6. The van der Waals surface area contributed by atoms with E-state index in [1.807, 2.05) is 0 Å². The van der Waals surface area contributed by atoms with E-state index in [0.29, 0.717) is 28.7 Å². The molecule has 0 atom stereocenters. The first kappa shape index (κ1) is 22.5. The number of methoxy groups -OCH3 is 2. The summed E-state index contributed by atoms with van der Waals surface area (Å²) in [5.74, 6) is 1.02. The lowest BCUT2D eigenvalue weighted by Crippen LogP contribution is -2.43. The molecule has 1 amide bonds. The van der Waals surface area contributed by atoms with Gasteiger partial charge in [0.2, 0.25) is 0 Å². The molecule has 7 nitrogen and oxygen atoms in total. The summed E-state index contributed by atoms with van der Waals surface area (Å²) in [4.78, 5) is 22.6. The number of fused-ring (bicyclic) bond motifs is 1. The third kappa shape index (κ3) is 4.72. The van der Waals surface area contributed by atoms with E-state index in [9.17, 15) is 4.79 Å². The van der Waals surface area contributed by atoms with Crippen molar-refractivity contribution in [3.63, 3.8) is 0 Å². The molecule has 1 aromatic heterocycles. The van der Waals surface area contributed by atoms with E-state index < -0.39 is 0 Å². The van der Waals surface area contributed by atoms with Crippen molar-refractivity contribution in [1.29, 1.82) is 0 Å². The number of amides is 1. The summed E-state index contributed by atoms with van der Waals surface area (Å²) in [6, 6.07) is 9.49. The molecule has 170 valence electrons. The number of aryl methyl sites for hydroxylation is 2. The molecule has 0 saturated carbocycles. The minimum absolute atomic E-state index is 0.105. The number of aromatic nitrogens is 1. The Morgan fingerprint density at radius 1 is 1.09 bits per heavy atom. The highest BCUT2D eigenvalue weighted by atomic mass is 32.1. The van der Waals surface area contributed by atoms with Gasteiger partial charge in [-0.2, -0.15) is 0 Å². The van der Waals surface area contributed by atoms with E-state index in [1.54, 1.807) is 48.7 Å². The van der Waals surface area contributed by atoms with Crippen molar-refractivity contribution >= 4 is 32.6 Å². The van der Waals surface area contributed by atoms with Crippen molar-refractivity contribution in [3.05, 3.63) is 47.0 Å². The van der Waals surface area contributed by atoms with Gasteiger partial charge in [-0.15, -0.1) is 0 Å². The number of thiazole rings is 1. The van der Waals surface area contributed by atoms with Gasteiger partial charge in [0.15, 0.2) is 16.6 Å². The molecule has 8 heteroatoms. The van der Waals surface area contributed by atoms with Crippen LogP contribution >= 0.6 is 11.3 Å². The first-order valence-corrected chi connectivity index (χ1v) is 11.5. The van der Waals surface area contributed by atoms with Gasteiger partial charge in [-0.05, 0) is 55.3 Å². The summed E-state index contributed by atoms with van der Waals surface area (Å²) in [5.41, 5.74) is 3.88. The van der Waals surface area contributed by atoms with Gasteiger partial charge in [-0.3, -0.25) is 14.6 Å².